The molecular weight excluding hydrogens is 646 g/mol. The lowest BCUT2D eigenvalue weighted by Gasteiger charge is -2.39. The lowest BCUT2D eigenvalue weighted by Crippen LogP contribution is -2.49. The van der Waals surface area contributed by atoms with E-state index in [2.05, 4.69) is 40.8 Å². The average Bonchev–Trinajstić information content (AvgIpc) is 3.45. The van der Waals surface area contributed by atoms with Gasteiger partial charge in [-0.25, -0.2) is 12.8 Å². The van der Waals surface area contributed by atoms with Crippen molar-refractivity contribution >= 4 is 21.7 Å². The first kappa shape index (κ1) is 34.7. The van der Waals surface area contributed by atoms with E-state index in [1.807, 2.05) is 24.3 Å². The molecular formula is C37H44FN5O5S. The van der Waals surface area contributed by atoms with Crippen molar-refractivity contribution in [3.05, 3.63) is 83.8 Å². The van der Waals surface area contributed by atoms with Gasteiger partial charge >= 0.3 is 0 Å². The van der Waals surface area contributed by atoms with Crippen LogP contribution in [0.2, 0.25) is 0 Å². The van der Waals surface area contributed by atoms with E-state index in [1.165, 1.54) is 12.1 Å². The van der Waals surface area contributed by atoms with Gasteiger partial charge in [-0.2, -0.15) is 10.2 Å². The number of aromatic nitrogens is 2. The van der Waals surface area contributed by atoms with E-state index in [9.17, 15) is 18.0 Å². The maximum absolute atomic E-state index is 15.7. The normalized spacial score (nSPS) is 20.4. The maximum Gasteiger partial charge on any atom is 0.254 e. The number of hydrogen-bond donors (Lipinski definition) is 1. The zero-order chi connectivity index (χ0) is 34.7. The van der Waals surface area contributed by atoms with Crippen LogP contribution in [0.1, 0.15) is 73.5 Å². The second-order valence-electron chi connectivity index (χ2n) is 13.7. The number of sulfone groups is 1. The van der Waals surface area contributed by atoms with Gasteiger partial charge in [0, 0.05) is 61.7 Å². The Morgan fingerprint density at radius 1 is 1.06 bits per heavy atom. The number of rotatable bonds is 10. The summed E-state index contributed by atoms with van der Waals surface area (Å²) < 4.78 is 45.7. The quantitative estimate of drug-likeness (QED) is 0.277. The molecule has 3 saturated heterocycles. The number of carbonyl (C=O) groups excluding carboxylic acids is 2. The van der Waals surface area contributed by atoms with Crippen LogP contribution in [0.5, 0.6) is 11.5 Å². The fourth-order valence-electron chi connectivity index (χ4n) is 6.85. The Morgan fingerprint density at radius 2 is 1.78 bits per heavy atom. The van der Waals surface area contributed by atoms with Crippen LogP contribution in [-0.2, 0) is 21.2 Å². The second-order valence-corrected chi connectivity index (χ2v) is 16.0. The lowest BCUT2D eigenvalue weighted by atomic mass is 10.00. The molecule has 1 N–H and O–H groups in total. The topological polar surface area (TPSA) is 122 Å². The molecule has 3 aromatic rings. The summed E-state index contributed by atoms with van der Waals surface area (Å²) in [5.74, 6) is 0.246. The minimum absolute atomic E-state index is 0.0228. The van der Waals surface area contributed by atoms with Crippen LogP contribution >= 0.6 is 0 Å². The molecule has 10 nitrogen and oxygen atoms in total. The van der Waals surface area contributed by atoms with Gasteiger partial charge in [-0.15, -0.1) is 6.58 Å². The van der Waals surface area contributed by atoms with E-state index < -0.39 is 21.6 Å². The van der Waals surface area contributed by atoms with Gasteiger partial charge in [0.2, 0.25) is 5.91 Å². The number of piperidine rings is 1. The molecule has 1 aromatic heterocycles. The molecule has 1 atom stereocenters. The summed E-state index contributed by atoms with van der Waals surface area (Å²) >= 11 is 0. The standard InChI is InChI=1S/C37H44FN5O5S/c1-4-25-19-36(44)43(22-25)23-27-20-32(38)31(37(45)39-28-11-15-42(16-12-28)29-13-17-49(46,47)18-14-29)21-35(27)48-30-7-5-26(6-8-30)34-10-9-33(24(2)3)40-41-34/h4-10,20-21,24-25,28-29H,1,11-19,22-23H2,2-3H3,(H,39,45). The van der Waals surface area contributed by atoms with Crippen molar-refractivity contribution in [3.63, 3.8) is 0 Å². The summed E-state index contributed by atoms with van der Waals surface area (Å²) in [6, 6.07) is 14.0. The van der Waals surface area contributed by atoms with Crippen molar-refractivity contribution in [2.24, 2.45) is 5.92 Å². The zero-order valence-electron chi connectivity index (χ0n) is 28.1. The largest absolute Gasteiger partial charge is 0.457 e. The van der Waals surface area contributed by atoms with Crippen molar-refractivity contribution < 1.29 is 27.1 Å². The third-order valence-corrected chi connectivity index (χ3v) is 11.6. The van der Waals surface area contributed by atoms with Crippen molar-refractivity contribution in [2.75, 3.05) is 31.1 Å². The minimum atomic E-state index is -2.93. The molecule has 3 aliphatic heterocycles. The fourth-order valence-corrected chi connectivity index (χ4v) is 8.31. The van der Waals surface area contributed by atoms with Crippen LogP contribution in [0.25, 0.3) is 11.3 Å². The van der Waals surface area contributed by atoms with E-state index >= 15 is 4.39 Å². The molecule has 4 heterocycles. The summed E-state index contributed by atoms with van der Waals surface area (Å²) in [6.45, 7) is 10.0. The van der Waals surface area contributed by atoms with Crippen LogP contribution in [-0.4, -0.2) is 83.5 Å². The first-order valence-corrected chi connectivity index (χ1v) is 18.9. The van der Waals surface area contributed by atoms with Gasteiger partial charge in [0.25, 0.3) is 5.91 Å². The maximum atomic E-state index is 15.7. The number of benzene rings is 2. The van der Waals surface area contributed by atoms with Gasteiger partial charge in [-0.3, -0.25) is 9.59 Å². The summed E-state index contributed by atoms with van der Waals surface area (Å²) in [5.41, 5.74) is 2.81. The van der Waals surface area contributed by atoms with Crippen LogP contribution in [0.4, 0.5) is 4.39 Å². The Balaban J connectivity index is 1.17. The third kappa shape index (κ3) is 8.36. The van der Waals surface area contributed by atoms with Crippen LogP contribution < -0.4 is 10.1 Å². The monoisotopic (exact) mass is 689 g/mol. The van der Waals surface area contributed by atoms with Gasteiger partial charge < -0.3 is 19.9 Å². The zero-order valence-corrected chi connectivity index (χ0v) is 28.9. The highest BCUT2D eigenvalue weighted by Crippen LogP contribution is 2.33. The predicted octanol–water partition coefficient (Wildman–Crippen LogP) is 5.50. The van der Waals surface area contributed by atoms with Crippen LogP contribution in [0.15, 0.2) is 61.2 Å². The molecule has 0 saturated carbocycles. The third-order valence-electron chi connectivity index (χ3n) is 9.89. The molecule has 0 radical (unpaired) electrons. The molecule has 12 heteroatoms. The summed E-state index contributed by atoms with van der Waals surface area (Å²) in [5, 5.41) is 11.7. The number of hydrogen-bond acceptors (Lipinski definition) is 8. The van der Waals surface area contributed by atoms with Crippen LogP contribution in [0.3, 0.4) is 0 Å². The molecule has 0 spiro atoms. The molecule has 0 bridgehead atoms. The molecule has 2 amide bonds. The summed E-state index contributed by atoms with van der Waals surface area (Å²) in [4.78, 5) is 30.2. The van der Waals surface area contributed by atoms with E-state index in [1.54, 1.807) is 23.1 Å². The lowest BCUT2D eigenvalue weighted by molar-refractivity contribution is -0.128. The van der Waals surface area contributed by atoms with Gasteiger partial charge in [-0.1, -0.05) is 19.9 Å². The Kier molecular flexibility index (Phi) is 10.4. The first-order chi connectivity index (χ1) is 23.5. The van der Waals surface area contributed by atoms with E-state index in [0.717, 1.165) is 30.0 Å². The Bertz CT molecular complexity index is 1780. The van der Waals surface area contributed by atoms with Gasteiger partial charge in [-0.05, 0) is 80.1 Å². The molecule has 1 unspecified atom stereocenters. The molecule has 3 fully saturated rings. The molecule has 0 aliphatic carbocycles. The summed E-state index contributed by atoms with van der Waals surface area (Å²) in [6.07, 6.45) is 4.77. The number of amides is 2. The number of ether oxygens (including phenoxy) is 1. The van der Waals surface area contributed by atoms with Crippen molar-refractivity contribution in [1.29, 1.82) is 0 Å². The van der Waals surface area contributed by atoms with Crippen molar-refractivity contribution in [2.45, 2.75) is 70.5 Å². The number of halogens is 1. The van der Waals surface area contributed by atoms with Crippen molar-refractivity contribution in [3.8, 4) is 22.8 Å². The highest BCUT2D eigenvalue weighted by molar-refractivity contribution is 7.91. The van der Waals surface area contributed by atoms with Crippen LogP contribution in [0, 0.1) is 11.7 Å². The fraction of sp³-hybridized carbons (Fsp3) is 0.459. The Morgan fingerprint density at radius 3 is 2.39 bits per heavy atom. The predicted molar refractivity (Wildman–Crippen MR) is 185 cm³/mol. The van der Waals surface area contributed by atoms with Gasteiger partial charge in [0.1, 0.15) is 27.2 Å². The molecule has 3 aliphatic rings. The Labute approximate surface area is 287 Å². The number of likely N-dealkylation sites (tertiary alicyclic amines) is 2. The minimum Gasteiger partial charge on any atom is -0.457 e. The smallest absolute Gasteiger partial charge is 0.254 e. The number of carbonyl (C=O) groups is 2. The molecule has 49 heavy (non-hydrogen) atoms. The van der Waals surface area contributed by atoms with E-state index in [4.69, 9.17) is 4.74 Å². The molecule has 2 aromatic carbocycles. The summed E-state index contributed by atoms with van der Waals surface area (Å²) in [7, 11) is -2.93. The molecule has 260 valence electrons. The van der Waals surface area contributed by atoms with Crippen molar-refractivity contribution in [1.82, 2.24) is 25.3 Å². The number of nitrogens with one attached hydrogen (secondary N) is 1. The number of nitrogens with zero attached hydrogens (tertiary/aromatic N) is 4. The highest BCUT2D eigenvalue weighted by Gasteiger charge is 2.32. The Hall–Kier alpha value is -4.16. The molecule has 6 rings (SSSR count). The SMILES string of the molecule is C=CC1CC(=O)N(Cc2cc(F)c(C(=O)NC3CCN(C4CCS(=O)(=O)CC4)CC3)cc2Oc2ccc(-c3ccc(C(C)C)nn3)cc2)C1. The van der Waals surface area contributed by atoms with E-state index in [0.29, 0.717) is 50.0 Å². The van der Waals surface area contributed by atoms with E-state index in [-0.39, 0.29) is 59.2 Å². The second kappa shape index (κ2) is 14.8. The van der Waals surface area contributed by atoms with Gasteiger partial charge in [0.05, 0.1) is 28.5 Å². The average molecular weight is 690 g/mol. The first-order valence-electron chi connectivity index (χ1n) is 17.1. The highest BCUT2D eigenvalue weighted by atomic mass is 32.2. The van der Waals surface area contributed by atoms with Gasteiger partial charge in [0.15, 0.2) is 0 Å².